The van der Waals surface area contributed by atoms with Gasteiger partial charge in [0.15, 0.2) is 0 Å². The number of carbonyl (C=O) groups is 1. The number of aryl methyl sites for hydroxylation is 2. The lowest BCUT2D eigenvalue weighted by atomic mass is 10.1. The van der Waals surface area contributed by atoms with Crippen LogP contribution in [0.15, 0.2) is 30.3 Å². The fraction of sp³-hybridized carbons (Fsp3) is 0.200. The number of nitrogens with two attached hydrogens (primary N) is 1. The Hall–Kier alpha value is -2.11. The first-order valence-electron chi connectivity index (χ1n) is 6.59. The molecule has 1 aromatic heterocycles. The predicted octanol–water partition coefficient (Wildman–Crippen LogP) is 3.14. The molecule has 0 unspecified atom stereocenters. The van der Waals surface area contributed by atoms with Crippen molar-refractivity contribution in [3.8, 4) is 0 Å². The van der Waals surface area contributed by atoms with E-state index in [0.29, 0.717) is 5.82 Å². The van der Waals surface area contributed by atoms with Crippen LogP contribution < -0.4 is 16.6 Å². The standard InChI is InChI=1S/C15H17ClN4O/c1-3-10-6-4-5-9(2)13(10)19-15(21)14-11(16)7-8-12(18-14)20-17/h4-8H,3,17H2,1-2H3,(H,18,20)(H,19,21). The van der Waals surface area contributed by atoms with Gasteiger partial charge in [0.25, 0.3) is 5.91 Å². The van der Waals surface area contributed by atoms with Crippen molar-refractivity contribution in [3.63, 3.8) is 0 Å². The maximum absolute atomic E-state index is 12.4. The van der Waals surface area contributed by atoms with Gasteiger partial charge in [-0.05, 0) is 36.6 Å². The Morgan fingerprint density at radius 3 is 2.76 bits per heavy atom. The van der Waals surface area contributed by atoms with Crippen molar-refractivity contribution >= 4 is 29.0 Å². The second-order valence-corrected chi connectivity index (χ2v) is 5.00. The second kappa shape index (κ2) is 6.56. The lowest BCUT2D eigenvalue weighted by molar-refractivity contribution is 0.102. The Bertz CT molecular complexity index is 673. The van der Waals surface area contributed by atoms with Gasteiger partial charge in [-0.2, -0.15) is 0 Å². The molecule has 1 aromatic carbocycles. The summed E-state index contributed by atoms with van der Waals surface area (Å²) in [6, 6.07) is 9.08. The number of rotatable bonds is 4. The van der Waals surface area contributed by atoms with Crippen LogP contribution in [0.4, 0.5) is 11.5 Å². The van der Waals surface area contributed by atoms with Gasteiger partial charge in [-0.3, -0.25) is 4.79 Å². The molecule has 1 amide bonds. The zero-order valence-corrected chi connectivity index (χ0v) is 12.7. The molecule has 21 heavy (non-hydrogen) atoms. The minimum atomic E-state index is -0.360. The third-order valence-electron chi connectivity index (χ3n) is 3.19. The van der Waals surface area contributed by atoms with E-state index in [1.54, 1.807) is 12.1 Å². The average molecular weight is 305 g/mol. The summed E-state index contributed by atoms with van der Waals surface area (Å²) in [5.74, 6) is 5.32. The van der Waals surface area contributed by atoms with Crippen LogP contribution in [0.2, 0.25) is 5.02 Å². The number of hydrazine groups is 1. The number of amides is 1. The first-order valence-corrected chi connectivity index (χ1v) is 6.97. The predicted molar refractivity (Wildman–Crippen MR) is 85.6 cm³/mol. The van der Waals surface area contributed by atoms with Crippen molar-refractivity contribution in [2.75, 3.05) is 10.7 Å². The highest BCUT2D eigenvalue weighted by atomic mass is 35.5. The number of nitrogens with one attached hydrogen (secondary N) is 2. The molecular formula is C15H17ClN4O. The van der Waals surface area contributed by atoms with Gasteiger partial charge in [-0.25, -0.2) is 10.8 Å². The Balaban J connectivity index is 2.35. The van der Waals surface area contributed by atoms with E-state index in [9.17, 15) is 4.79 Å². The lowest BCUT2D eigenvalue weighted by Gasteiger charge is -2.13. The zero-order chi connectivity index (χ0) is 15.4. The molecule has 0 aliphatic carbocycles. The van der Waals surface area contributed by atoms with E-state index < -0.39 is 0 Å². The normalized spacial score (nSPS) is 10.3. The number of para-hydroxylation sites is 1. The van der Waals surface area contributed by atoms with Crippen LogP contribution in [0, 0.1) is 6.92 Å². The molecular weight excluding hydrogens is 288 g/mol. The molecule has 0 atom stereocenters. The summed E-state index contributed by atoms with van der Waals surface area (Å²) in [7, 11) is 0. The number of halogens is 1. The van der Waals surface area contributed by atoms with Crippen molar-refractivity contribution in [2.45, 2.75) is 20.3 Å². The number of pyridine rings is 1. The molecule has 2 aromatic rings. The molecule has 1 heterocycles. The van der Waals surface area contributed by atoms with Crippen LogP contribution >= 0.6 is 11.6 Å². The smallest absolute Gasteiger partial charge is 0.275 e. The Kier molecular flexibility index (Phi) is 4.77. The van der Waals surface area contributed by atoms with E-state index in [1.165, 1.54) is 0 Å². The Labute approximate surface area is 128 Å². The van der Waals surface area contributed by atoms with E-state index >= 15 is 0 Å². The molecule has 110 valence electrons. The number of anilines is 2. The summed E-state index contributed by atoms with van der Waals surface area (Å²) in [6.07, 6.45) is 0.822. The van der Waals surface area contributed by atoms with Gasteiger partial charge in [-0.15, -0.1) is 0 Å². The van der Waals surface area contributed by atoms with Crippen LogP contribution in [0.25, 0.3) is 0 Å². The van der Waals surface area contributed by atoms with Gasteiger partial charge in [0.2, 0.25) is 0 Å². The summed E-state index contributed by atoms with van der Waals surface area (Å²) in [4.78, 5) is 16.5. The fourth-order valence-electron chi connectivity index (χ4n) is 2.06. The van der Waals surface area contributed by atoms with E-state index in [2.05, 4.69) is 15.7 Å². The molecule has 0 spiro atoms. The zero-order valence-electron chi connectivity index (χ0n) is 11.9. The maximum Gasteiger partial charge on any atom is 0.275 e. The molecule has 5 nitrogen and oxygen atoms in total. The molecule has 0 fully saturated rings. The van der Waals surface area contributed by atoms with Crippen molar-refractivity contribution in [1.82, 2.24) is 4.98 Å². The van der Waals surface area contributed by atoms with Gasteiger partial charge in [0.1, 0.15) is 11.5 Å². The number of nitrogens with zero attached hydrogens (tertiary/aromatic N) is 1. The van der Waals surface area contributed by atoms with Gasteiger partial charge in [0, 0.05) is 5.69 Å². The molecule has 4 N–H and O–H groups in total. The highest BCUT2D eigenvalue weighted by Crippen LogP contribution is 2.23. The lowest BCUT2D eigenvalue weighted by Crippen LogP contribution is -2.18. The van der Waals surface area contributed by atoms with E-state index in [-0.39, 0.29) is 16.6 Å². The number of benzene rings is 1. The van der Waals surface area contributed by atoms with Crippen molar-refractivity contribution in [2.24, 2.45) is 5.84 Å². The minimum Gasteiger partial charge on any atom is -0.320 e. The molecule has 0 saturated carbocycles. The summed E-state index contributed by atoms with van der Waals surface area (Å²) < 4.78 is 0. The topological polar surface area (TPSA) is 80.0 Å². The highest BCUT2D eigenvalue weighted by molar-refractivity contribution is 6.34. The Morgan fingerprint density at radius 1 is 1.33 bits per heavy atom. The maximum atomic E-state index is 12.4. The monoisotopic (exact) mass is 304 g/mol. The minimum absolute atomic E-state index is 0.137. The first kappa shape index (κ1) is 15.3. The molecule has 6 heteroatoms. The molecule has 2 rings (SSSR count). The van der Waals surface area contributed by atoms with Gasteiger partial charge in [-0.1, -0.05) is 36.7 Å². The molecule has 0 bridgehead atoms. The van der Waals surface area contributed by atoms with Crippen LogP contribution in [0.1, 0.15) is 28.5 Å². The van der Waals surface area contributed by atoms with Gasteiger partial charge < -0.3 is 10.7 Å². The SMILES string of the molecule is CCc1cccc(C)c1NC(=O)c1nc(NN)ccc1Cl. The van der Waals surface area contributed by atoms with Crippen LogP contribution in [0.3, 0.4) is 0 Å². The summed E-state index contributed by atoms with van der Waals surface area (Å²) in [5.41, 5.74) is 5.39. The fourth-order valence-corrected chi connectivity index (χ4v) is 2.25. The quantitative estimate of drug-likeness (QED) is 0.599. The van der Waals surface area contributed by atoms with Crippen LogP contribution in [-0.4, -0.2) is 10.9 Å². The molecule has 0 aliphatic heterocycles. The molecule has 0 saturated heterocycles. The second-order valence-electron chi connectivity index (χ2n) is 4.59. The van der Waals surface area contributed by atoms with Crippen LogP contribution in [0.5, 0.6) is 0 Å². The van der Waals surface area contributed by atoms with Crippen LogP contribution in [-0.2, 0) is 6.42 Å². The summed E-state index contributed by atoms with van der Waals surface area (Å²) >= 11 is 6.04. The highest BCUT2D eigenvalue weighted by Gasteiger charge is 2.15. The third-order valence-corrected chi connectivity index (χ3v) is 3.49. The Morgan fingerprint density at radius 2 is 2.10 bits per heavy atom. The van der Waals surface area contributed by atoms with Gasteiger partial charge in [0.05, 0.1) is 5.02 Å². The number of hydrogen-bond donors (Lipinski definition) is 3. The van der Waals surface area contributed by atoms with Gasteiger partial charge >= 0.3 is 0 Å². The largest absolute Gasteiger partial charge is 0.320 e. The summed E-state index contributed by atoms with van der Waals surface area (Å²) in [5, 5.41) is 3.16. The van der Waals surface area contributed by atoms with Crippen molar-refractivity contribution in [1.29, 1.82) is 0 Å². The van der Waals surface area contributed by atoms with E-state index in [4.69, 9.17) is 17.4 Å². The molecule has 0 aliphatic rings. The van der Waals surface area contributed by atoms with E-state index in [1.807, 2.05) is 32.0 Å². The number of aromatic nitrogens is 1. The summed E-state index contributed by atoms with van der Waals surface area (Å²) in [6.45, 7) is 3.98. The number of nitrogen functional groups attached to an aromatic ring is 1. The number of hydrogen-bond acceptors (Lipinski definition) is 4. The first-order chi connectivity index (χ1) is 10.1. The third kappa shape index (κ3) is 3.32. The van der Waals surface area contributed by atoms with Crippen molar-refractivity contribution in [3.05, 3.63) is 52.2 Å². The van der Waals surface area contributed by atoms with Crippen molar-refractivity contribution < 1.29 is 4.79 Å². The number of carbonyl (C=O) groups excluding carboxylic acids is 1. The molecule has 0 radical (unpaired) electrons. The van der Waals surface area contributed by atoms with E-state index in [0.717, 1.165) is 23.2 Å². The average Bonchev–Trinajstić information content (AvgIpc) is 2.49.